The van der Waals surface area contributed by atoms with Gasteiger partial charge in [0, 0.05) is 12.2 Å². The molecule has 168 valence electrons. The average Bonchev–Trinajstić information content (AvgIpc) is 2.76. The minimum absolute atomic E-state index is 0.252. The van der Waals surface area contributed by atoms with E-state index in [4.69, 9.17) is 10.1 Å². The maximum absolute atomic E-state index is 13.2. The van der Waals surface area contributed by atoms with Crippen molar-refractivity contribution in [1.29, 1.82) is 0 Å². The maximum atomic E-state index is 13.2. The molecule has 4 bridgehead atoms. The van der Waals surface area contributed by atoms with E-state index in [1.54, 1.807) is 36.4 Å². The number of nitrogens with zero attached hydrogens (tertiary/aromatic N) is 1. The van der Waals surface area contributed by atoms with Gasteiger partial charge in [0.1, 0.15) is 5.82 Å². The van der Waals surface area contributed by atoms with Crippen molar-refractivity contribution < 1.29 is 14.3 Å². The molecule has 4 fully saturated rings. The number of carbonyl (C=O) groups is 1. The molecule has 0 atom stereocenters. The van der Waals surface area contributed by atoms with Crippen LogP contribution in [0.25, 0.3) is 0 Å². The summed E-state index contributed by atoms with van der Waals surface area (Å²) in [5, 5.41) is 16.1. The fraction of sp³-hybridized carbons (Fsp3) is 0.462. The lowest BCUT2D eigenvalue weighted by molar-refractivity contribution is -0.0491. The lowest BCUT2D eigenvalue weighted by atomic mass is 9.49. The van der Waals surface area contributed by atoms with Crippen LogP contribution in [0.2, 0.25) is 0 Å². The molecule has 0 saturated heterocycles. The Balaban J connectivity index is 1.31. The van der Waals surface area contributed by atoms with E-state index < -0.39 is 5.97 Å². The van der Waals surface area contributed by atoms with Crippen LogP contribution in [0.15, 0.2) is 53.5 Å². The van der Waals surface area contributed by atoms with E-state index in [9.17, 15) is 9.18 Å². The van der Waals surface area contributed by atoms with E-state index >= 15 is 0 Å². The van der Waals surface area contributed by atoms with Crippen LogP contribution in [0.4, 0.5) is 10.1 Å². The minimum Gasteiger partial charge on any atom is -0.478 e. The van der Waals surface area contributed by atoms with Crippen LogP contribution >= 0.6 is 0 Å². The number of benzene rings is 2. The summed E-state index contributed by atoms with van der Waals surface area (Å²) in [6, 6.07) is 13.1. The molecular weight excluding hydrogens is 405 g/mol. The molecule has 4 aliphatic carbocycles. The van der Waals surface area contributed by atoms with E-state index in [-0.39, 0.29) is 11.4 Å². The van der Waals surface area contributed by atoms with Gasteiger partial charge in [0.15, 0.2) is 5.96 Å². The van der Waals surface area contributed by atoms with Gasteiger partial charge in [-0.2, -0.15) is 0 Å². The molecular formula is C26H30FN3O2. The smallest absolute Gasteiger partial charge is 0.335 e. The van der Waals surface area contributed by atoms with Crippen LogP contribution in [-0.2, 0) is 6.54 Å². The standard InChI is InChI=1S/C26H30FN3O2/c27-22-5-1-17(2-6-22)15-28-25(30-23-7-3-21(4-8-23)24(31)32)29-16-26-12-18-9-19(13-26)11-20(10-18)14-26/h1-8,18-20H,9-16H2,(H,31,32)(H2,28,29,30). The van der Waals surface area contributed by atoms with Gasteiger partial charge in [-0.1, -0.05) is 12.1 Å². The molecule has 3 N–H and O–H groups in total. The van der Waals surface area contributed by atoms with Crippen LogP contribution < -0.4 is 10.6 Å². The highest BCUT2D eigenvalue weighted by molar-refractivity contribution is 5.94. The topological polar surface area (TPSA) is 73.7 Å². The Labute approximate surface area is 188 Å². The normalized spacial score (nSPS) is 28.5. The van der Waals surface area contributed by atoms with Crippen molar-refractivity contribution >= 4 is 17.6 Å². The molecule has 0 amide bonds. The molecule has 5 nitrogen and oxygen atoms in total. The zero-order valence-electron chi connectivity index (χ0n) is 18.2. The number of aliphatic imine (C=N–C) groups is 1. The fourth-order valence-electron chi connectivity index (χ4n) is 6.51. The van der Waals surface area contributed by atoms with Crippen molar-refractivity contribution in [2.45, 2.75) is 45.1 Å². The lowest BCUT2D eigenvalue weighted by Gasteiger charge is -2.57. The summed E-state index contributed by atoms with van der Waals surface area (Å²) >= 11 is 0. The second kappa shape index (κ2) is 8.57. The van der Waals surface area contributed by atoms with Crippen molar-refractivity contribution in [2.24, 2.45) is 28.2 Å². The van der Waals surface area contributed by atoms with Crippen LogP contribution in [0.1, 0.15) is 54.4 Å². The van der Waals surface area contributed by atoms with Gasteiger partial charge < -0.3 is 15.7 Å². The summed E-state index contributed by atoms with van der Waals surface area (Å²) in [4.78, 5) is 15.9. The van der Waals surface area contributed by atoms with E-state index in [0.717, 1.165) is 35.5 Å². The predicted molar refractivity (Wildman–Crippen MR) is 123 cm³/mol. The van der Waals surface area contributed by atoms with Gasteiger partial charge >= 0.3 is 5.97 Å². The zero-order chi connectivity index (χ0) is 22.1. The SMILES string of the molecule is O=C(O)c1ccc(NC(=NCc2ccc(F)cc2)NCC23CC4CC(CC(C4)C2)C3)cc1. The van der Waals surface area contributed by atoms with Crippen molar-refractivity contribution in [3.05, 3.63) is 65.5 Å². The maximum Gasteiger partial charge on any atom is 0.335 e. The molecule has 6 heteroatoms. The molecule has 2 aromatic carbocycles. The quantitative estimate of drug-likeness (QED) is 0.425. The molecule has 0 heterocycles. The highest BCUT2D eigenvalue weighted by atomic mass is 19.1. The number of halogens is 1. The number of guanidine groups is 1. The van der Waals surface area contributed by atoms with E-state index in [1.165, 1.54) is 50.7 Å². The Morgan fingerprint density at radius 2 is 1.56 bits per heavy atom. The van der Waals surface area contributed by atoms with Crippen molar-refractivity contribution in [1.82, 2.24) is 5.32 Å². The number of rotatable bonds is 6. The molecule has 2 aromatic rings. The third-order valence-corrected chi connectivity index (χ3v) is 7.52. The molecule has 4 aliphatic rings. The number of aromatic carboxylic acids is 1. The molecule has 0 spiro atoms. The molecule has 32 heavy (non-hydrogen) atoms. The number of carboxylic acid groups (broad SMARTS) is 1. The number of nitrogens with one attached hydrogen (secondary N) is 2. The van der Waals surface area contributed by atoms with E-state index in [1.807, 2.05) is 0 Å². The number of hydrogen-bond donors (Lipinski definition) is 3. The van der Waals surface area contributed by atoms with E-state index in [0.29, 0.717) is 17.9 Å². The Kier molecular flexibility index (Phi) is 5.62. The van der Waals surface area contributed by atoms with Crippen molar-refractivity contribution in [3.8, 4) is 0 Å². The summed E-state index contributed by atoms with van der Waals surface area (Å²) in [6.45, 7) is 1.34. The van der Waals surface area contributed by atoms with Gasteiger partial charge in [0.2, 0.25) is 0 Å². The summed E-state index contributed by atoms with van der Waals surface area (Å²) in [5.74, 6) is 2.14. The largest absolute Gasteiger partial charge is 0.478 e. The Morgan fingerprint density at radius 3 is 2.12 bits per heavy atom. The number of anilines is 1. The summed E-state index contributed by atoms with van der Waals surface area (Å²) in [5.41, 5.74) is 2.33. The van der Waals surface area contributed by atoms with Crippen LogP contribution in [0.5, 0.6) is 0 Å². The fourth-order valence-corrected chi connectivity index (χ4v) is 6.51. The first kappa shape index (κ1) is 21.0. The first-order chi connectivity index (χ1) is 15.5. The van der Waals surface area contributed by atoms with E-state index in [2.05, 4.69) is 10.6 Å². The third kappa shape index (κ3) is 4.64. The van der Waals surface area contributed by atoms with Crippen LogP contribution in [0.3, 0.4) is 0 Å². The molecule has 0 unspecified atom stereocenters. The Bertz CT molecular complexity index is 965. The molecule has 6 rings (SSSR count). The van der Waals surface area contributed by atoms with Gasteiger partial charge in [0.25, 0.3) is 0 Å². The highest BCUT2D eigenvalue weighted by Gasteiger charge is 2.50. The van der Waals surface area contributed by atoms with Gasteiger partial charge in [-0.25, -0.2) is 14.2 Å². The summed E-state index contributed by atoms with van der Waals surface area (Å²) in [6.07, 6.45) is 8.18. The average molecular weight is 436 g/mol. The first-order valence-corrected chi connectivity index (χ1v) is 11.6. The van der Waals surface area contributed by atoms with Crippen LogP contribution in [0, 0.1) is 29.0 Å². The second-order valence-corrected chi connectivity index (χ2v) is 10.1. The van der Waals surface area contributed by atoms with Gasteiger partial charge in [-0.05, 0) is 104 Å². The minimum atomic E-state index is -0.943. The van der Waals surface area contributed by atoms with Crippen molar-refractivity contribution in [2.75, 3.05) is 11.9 Å². The second-order valence-electron chi connectivity index (χ2n) is 10.1. The van der Waals surface area contributed by atoms with Gasteiger partial charge in [-0.15, -0.1) is 0 Å². The molecule has 0 aromatic heterocycles. The first-order valence-electron chi connectivity index (χ1n) is 11.6. The van der Waals surface area contributed by atoms with Gasteiger partial charge in [-0.3, -0.25) is 0 Å². The lowest BCUT2D eigenvalue weighted by Crippen LogP contribution is -2.51. The highest BCUT2D eigenvalue weighted by Crippen LogP contribution is 2.59. The number of carboxylic acids is 1. The molecule has 4 saturated carbocycles. The van der Waals surface area contributed by atoms with Crippen molar-refractivity contribution in [3.63, 3.8) is 0 Å². The van der Waals surface area contributed by atoms with Gasteiger partial charge in [0.05, 0.1) is 12.1 Å². The Morgan fingerprint density at radius 1 is 0.969 bits per heavy atom. The molecule has 0 aliphatic heterocycles. The van der Waals surface area contributed by atoms with Crippen LogP contribution in [-0.4, -0.2) is 23.6 Å². The number of hydrogen-bond acceptors (Lipinski definition) is 2. The summed E-state index contributed by atoms with van der Waals surface area (Å²) < 4.78 is 13.2. The zero-order valence-corrected chi connectivity index (χ0v) is 18.2. The summed E-state index contributed by atoms with van der Waals surface area (Å²) in [7, 11) is 0. The Hall–Kier alpha value is -2.89. The monoisotopic (exact) mass is 435 g/mol. The predicted octanol–water partition coefficient (Wildman–Crippen LogP) is 5.30. The molecule has 0 radical (unpaired) electrons. The third-order valence-electron chi connectivity index (χ3n) is 7.52.